The Hall–Kier alpha value is -2.05. The minimum atomic E-state index is -0.852. The van der Waals surface area contributed by atoms with E-state index in [1.165, 1.54) is 0 Å². The molecule has 0 spiro atoms. The van der Waals surface area contributed by atoms with Gasteiger partial charge in [-0.3, -0.25) is 4.79 Å². The third-order valence-electron chi connectivity index (χ3n) is 4.54. The van der Waals surface area contributed by atoms with Crippen molar-refractivity contribution in [2.75, 3.05) is 19.6 Å². The first-order chi connectivity index (χ1) is 12.5. The third-order valence-corrected chi connectivity index (χ3v) is 4.54. The summed E-state index contributed by atoms with van der Waals surface area (Å²) >= 11 is 0. The standard InChI is InChI=1S/C21H35N3O3/c1-16(10-11-19(26)27)24(12-17-8-6-7-9-18(17)25)15-21(5,13-22)14-23-20(2,3)4/h6-9,23,25H,1,10-15,22H2,2-5H3,(H,26,27). The van der Waals surface area contributed by atoms with Crippen molar-refractivity contribution in [2.45, 2.75) is 52.6 Å². The number of aromatic hydroxyl groups is 1. The van der Waals surface area contributed by atoms with E-state index in [1.54, 1.807) is 12.1 Å². The number of nitrogens with one attached hydrogen (secondary N) is 1. The van der Waals surface area contributed by atoms with E-state index in [9.17, 15) is 9.90 Å². The molecule has 0 aliphatic heterocycles. The van der Waals surface area contributed by atoms with Crippen molar-refractivity contribution in [3.63, 3.8) is 0 Å². The van der Waals surface area contributed by atoms with Crippen molar-refractivity contribution in [3.05, 3.63) is 42.1 Å². The molecule has 0 amide bonds. The van der Waals surface area contributed by atoms with Gasteiger partial charge in [-0.2, -0.15) is 0 Å². The second-order valence-electron chi connectivity index (χ2n) is 8.56. The predicted octanol–water partition coefficient (Wildman–Crippen LogP) is 2.93. The van der Waals surface area contributed by atoms with Crippen LogP contribution in [0, 0.1) is 5.41 Å². The molecule has 0 radical (unpaired) electrons. The lowest BCUT2D eigenvalue weighted by molar-refractivity contribution is -0.137. The molecule has 1 atom stereocenters. The molecule has 0 heterocycles. The molecule has 0 fully saturated rings. The van der Waals surface area contributed by atoms with Gasteiger partial charge in [0.2, 0.25) is 0 Å². The molecular weight excluding hydrogens is 342 g/mol. The summed E-state index contributed by atoms with van der Waals surface area (Å²) in [5, 5.41) is 22.6. The Labute approximate surface area is 163 Å². The highest BCUT2D eigenvalue weighted by atomic mass is 16.4. The van der Waals surface area contributed by atoms with Crippen molar-refractivity contribution in [1.29, 1.82) is 0 Å². The number of benzene rings is 1. The van der Waals surface area contributed by atoms with Gasteiger partial charge in [-0.1, -0.05) is 31.7 Å². The van der Waals surface area contributed by atoms with Gasteiger partial charge in [-0.05, 0) is 33.3 Å². The van der Waals surface area contributed by atoms with E-state index in [0.717, 1.165) is 17.8 Å². The molecule has 152 valence electrons. The third kappa shape index (κ3) is 8.45. The lowest BCUT2D eigenvalue weighted by Gasteiger charge is -2.39. The fraction of sp³-hybridized carbons (Fsp3) is 0.571. The number of nitrogens with zero attached hydrogens (tertiary/aromatic N) is 1. The number of allylic oxidation sites excluding steroid dienone is 1. The van der Waals surface area contributed by atoms with E-state index >= 15 is 0 Å². The van der Waals surface area contributed by atoms with Crippen LogP contribution in [0.25, 0.3) is 0 Å². The summed E-state index contributed by atoms with van der Waals surface area (Å²) in [6.45, 7) is 14.8. The first-order valence-electron chi connectivity index (χ1n) is 9.32. The van der Waals surface area contributed by atoms with Crippen molar-refractivity contribution < 1.29 is 15.0 Å². The lowest BCUT2D eigenvalue weighted by Crippen LogP contribution is -2.50. The SMILES string of the molecule is C=C(CCC(=O)O)N(Cc1ccccc1O)CC(C)(CN)CNC(C)(C)C. The fourth-order valence-electron chi connectivity index (χ4n) is 2.67. The highest BCUT2D eigenvalue weighted by Crippen LogP contribution is 2.26. The molecule has 27 heavy (non-hydrogen) atoms. The number of phenols is 1. The van der Waals surface area contributed by atoms with Gasteiger partial charge in [-0.25, -0.2) is 0 Å². The van der Waals surface area contributed by atoms with Crippen molar-refractivity contribution >= 4 is 5.97 Å². The monoisotopic (exact) mass is 377 g/mol. The summed E-state index contributed by atoms with van der Waals surface area (Å²) < 4.78 is 0. The van der Waals surface area contributed by atoms with Crippen LogP contribution in [0.1, 0.15) is 46.1 Å². The average Bonchev–Trinajstić information content (AvgIpc) is 2.58. The Balaban J connectivity index is 2.99. The molecule has 0 bridgehead atoms. The van der Waals surface area contributed by atoms with E-state index in [1.807, 2.05) is 17.0 Å². The molecule has 6 nitrogen and oxygen atoms in total. The van der Waals surface area contributed by atoms with Crippen LogP contribution in [0.2, 0.25) is 0 Å². The lowest BCUT2D eigenvalue weighted by atomic mass is 9.88. The Morgan fingerprint density at radius 2 is 1.85 bits per heavy atom. The summed E-state index contributed by atoms with van der Waals surface area (Å²) in [6, 6.07) is 7.16. The van der Waals surface area contributed by atoms with E-state index in [4.69, 9.17) is 10.8 Å². The quantitative estimate of drug-likeness (QED) is 0.473. The van der Waals surface area contributed by atoms with E-state index < -0.39 is 5.97 Å². The Morgan fingerprint density at radius 1 is 1.22 bits per heavy atom. The fourth-order valence-corrected chi connectivity index (χ4v) is 2.67. The minimum Gasteiger partial charge on any atom is -0.508 e. The van der Waals surface area contributed by atoms with Crippen LogP contribution >= 0.6 is 0 Å². The zero-order valence-electron chi connectivity index (χ0n) is 17.1. The van der Waals surface area contributed by atoms with Gasteiger partial charge < -0.3 is 26.2 Å². The van der Waals surface area contributed by atoms with Gasteiger partial charge >= 0.3 is 5.97 Å². The molecule has 0 aromatic heterocycles. The van der Waals surface area contributed by atoms with Gasteiger partial charge in [0.25, 0.3) is 0 Å². The molecule has 1 rings (SSSR count). The van der Waals surface area contributed by atoms with Gasteiger partial charge in [0.05, 0.1) is 6.42 Å². The summed E-state index contributed by atoms with van der Waals surface area (Å²) in [6.07, 6.45) is 0.381. The molecule has 1 unspecified atom stereocenters. The van der Waals surface area contributed by atoms with Crippen molar-refractivity contribution in [1.82, 2.24) is 10.2 Å². The van der Waals surface area contributed by atoms with Crippen LogP contribution in [-0.4, -0.2) is 46.3 Å². The van der Waals surface area contributed by atoms with Gasteiger partial charge in [0.1, 0.15) is 5.75 Å². The number of carbonyl (C=O) groups is 1. The zero-order chi connectivity index (χ0) is 20.7. The van der Waals surface area contributed by atoms with E-state index in [-0.39, 0.29) is 23.1 Å². The number of rotatable bonds is 11. The van der Waals surface area contributed by atoms with Crippen LogP contribution < -0.4 is 11.1 Å². The summed E-state index contributed by atoms with van der Waals surface area (Å²) in [5.74, 6) is -0.634. The topological polar surface area (TPSA) is 98.8 Å². The first kappa shape index (κ1) is 23.0. The van der Waals surface area contributed by atoms with Crippen LogP contribution in [0.15, 0.2) is 36.5 Å². The maximum absolute atomic E-state index is 11.0. The zero-order valence-corrected chi connectivity index (χ0v) is 17.1. The number of hydrogen-bond donors (Lipinski definition) is 4. The molecule has 5 N–H and O–H groups in total. The molecule has 1 aromatic carbocycles. The molecule has 0 aliphatic carbocycles. The Bertz CT molecular complexity index is 640. The summed E-state index contributed by atoms with van der Waals surface area (Å²) in [4.78, 5) is 13.0. The molecule has 1 aromatic rings. The Morgan fingerprint density at radius 3 is 2.37 bits per heavy atom. The molecule has 6 heteroatoms. The maximum atomic E-state index is 11.0. The summed E-state index contributed by atoms with van der Waals surface area (Å²) in [7, 11) is 0. The molecular formula is C21H35N3O3. The maximum Gasteiger partial charge on any atom is 0.303 e. The smallest absolute Gasteiger partial charge is 0.303 e. The number of para-hydroxylation sites is 1. The number of aliphatic carboxylic acids is 1. The highest BCUT2D eigenvalue weighted by Gasteiger charge is 2.28. The van der Waals surface area contributed by atoms with Crippen LogP contribution in [0.5, 0.6) is 5.75 Å². The molecule has 0 saturated carbocycles. The van der Waals surface area contributed by atoms with Crippen LogP contribution in [0.3, 0.4) is 0 Å². The van der Waals surface area contributed by atoms with Crippen molar-refractivity contribution in [3.8, 4) is 5.75 Å². The number of nitrogens with two attached hydrogens (primary N) is 1. The number of carboxylic acid groups (broad SMARTS) is 1. The Kier molecular flexibility index (Phi) is 8.31. The normalized spacial score (nSPS) is 13.8. The van der Waals surface area contributed by atoms with E-state index in [0.29, 0.717) is 26.1 Å². The predicted molar refractivity (Wildman–Crippen MR) is 109 cm³/mol. The number of phenolic OH excluding ortho intramolecular Hbond substituents is 1. The first-order valence-corrected chi connectivity index (χ1v) is 9.32. The molecule has 0 aliphatic rings. The van der Waals surface area contributed by atoms with E-state index in [2.05, 4.69) is 39.6 Å². The van der Waals surface area contributed by atoms with Gasteiger partial charge in [-0.15, -0.1) is 0 Å². The molecule has 0 saturated heterocycles. The van der Waals surface area contributed by atoms with Crippen LogP contribution in [0.4, 0.5) is 0 Å². The minimum absolute atomic E-state index is 0.0235. The number of hydrogen-bond acceptors (Lipinski definition) is 5. The van der Waals surface area contributed by atoms with Gasteiger partial charge in [0.15, 0.2) is 0 Å². The second-order valence-corrected chi connectivity index (χ2v) is 8.56. The highest BCUT2D eigenvalue weighted by molar-refractivity contribution is 5.66. The average molecular weight is 378 g/mol. The largest absolute Gasteiger partial charge is 0.508 e. The van der Waals surface area contributed by atoms with Crippen molar-refractivity contribution in [2.24, 2.45) is 11.1 Å². The summed E-state index contributed by atoms with van der Waals surface area (Å²) in [5.41, 5.74) is 7.34. The second kappa shape index (κ2) is 9.76. The number of carboxylic acids is 1. The van der Waals surface area contributed by atoms with Crippen LogP contribution in [-0.2, 0) is 11.3 Å². The van der Waals surface area contributed by atoms with Gasteiger partial charge in [0, 0.05) is 48.4 Å².